The molecule has 3 rings (SSSR count). The minimum absolute atomic E-state index is 0.0569. The summed E-state index contributed by atoms with van der Waals surface area (Å²) in [5.41, 5.74) is 1.53. The molecule has 152 valence electrons. The summed E-state index contributed by atoms with van der Waals surface area (Å²) in [5.74, 6) is 6.37. The largest absolute Gasteiger partial charge is 0.481 e. The summed E-state index contributed by atoms with van der Waals surface area (Å²) in [5, 5.41) is 0. The van der Waals surface area contributed by atoms with Gasteiger partial charge < -0.3 is 14.4 Å². The van der Waals surface area contributed by atoms with Crippen molar-refractivity contribution in [3.8, 4) is 23.3 Å². The Hall–Kier alpha value is -3.01. The number of rotatable bonds is 8. The Kier molecular flexibility index (Phi) is 7.12. The molecule has 6 nitrogen and oxygen atoms in total. The maximum absolute atomic E-state index is 12.9. The Labute approximate surface area is 171 Å². The van der Waals surface area contributed by atoms with Crippen LogP contribution in [0.4, 0.5) is 0 Å². The fourth-order valence-corrected chi connectivity index (χ4v) is 2.94. The van der Waals surface area contributed by atoms with Gasteiger partial charge in [-0.25, -0.2) is 4.79 Å². The van der Waals surface area contributed by atoms with Crippen LogP contribution in [0.1, 0.15) is 13.3 Å². The molecule has 0 bridgehead atoms. The van der Waals surface area contributed by atoms with E-state index < -0.39 is 0 Å². The lowest BCUT2D eigenvalue weighted by Gasteiger charge is -2.18. The molecule has 0 fully saturated rings. The van der Waals surface area contributed by atoms with Gasteiger partial charge in [0.2, 0.25) is 0 Å². The molecule has 0 aliphatic heterocycles. The van der Waals surface area contributed by atoms with Gasteiger partial charge in [-0.1, -0.05) is 18.1 Å². The summed E-state index contributed by atoms with van der Waals surface area (Å²) in [7, 11) is 4.05. The highest BCUT2D eigenvalue weighted by Crippen LogP contribution is 2.18. The van der Waals surface area contributed by atoms with Gasteiger partial charge in [-0.05, 0) is 57.8 Å². The van der Waals surface area contributed by atoms with Crippen LogP contribution >= 0.6 is 0 Å². The van der Waals surface area contributed by atoms with Crippen LogP contribution in [-0.2, 0) is 4.74 Å². The summed E-state index contributed by atoms with van der Waals surface area (Å²) < 4.78 is 14.6. The van der Waals surface area contributed by atoms with Crippen LogP contribution in [0.3, 0.4) is 0 Å². The second kappa shape index (κ2) is 9.97. The monoisotopic (exact) mass is 393 g/mol. The van der Waals surface area contributed by atoms with Crippen molar-refractivity contribution in [1.29, 1.82) is 0 Å². The topological polar surface area (TPSA) is 48.6 Å². The standard InChI is InChI=1S/C23H27N3O3/c1-4-5-17-28-21-10-6-19(7-11-21)25-14-15-26(23(25)27)20-8-12-22(13-9-20)29-18-16-24(2)3/h6-12,14-15,22H,13,16-18H2,1-3H3. The third kappa shape index (κ3) is 5.50. The van der Waals surface area contributed by atoms with Crippen molar-refractivity contribution in [2.75, 3.05) is 33.9 Å². The van der Waals surface area contributed by atoms with Gasteiger partial charge in [0.25, 0.3) is 0 Å². The second-order valence-corrected chi connectivity index (χ2v) is 6.97. The molecule has 0 radical (unpaired) electrons. The van der Waals surface area contributed by atoms with E-state index in [9.17, 15) is 4.79 Å². The van der Waals surface area contributed by atoms with Gasteiger partial charge in [-0.15, -0.1) is 5.92 Å². The van der Waals surface area contributed by atoms with Gasteiger partial charge in [-0.3, -0.25) is 9.13 Å². The van der Waals surface area contributed by atoms with E-state index >= 15 is 0 Å². The molecule has 0 saturated heterocycles. The van der Waals surface area contributed by atoms with E-state index in [1.165, 1.54) is 0 Å². The van der Waals surface area contributed by atoms with E-state index in [-0.39, 0.29) is 11.8 Å². The molecular weight excluding hydrogens is 366 g/mol. The zero-order valence-electron chi connectivity index (χ0n) is 17.2. The summed E-state index contributed by atoms with van der Waals surface area (Å²) in [6.45, 7) is 3.71. The maximum atomic E-state index is 12.9. The Morgan fingerprint density at radius 2 is 1.93 bits per heavy atom. The molecule has 1 aromatic carbocycles. The zero-order valence-corrected chi connectivity index (χ0v) is 17.2. The highest BCUT2D eigenvalue weighted by Gasteiger charge is 2.13. The van der Waals surface area contributed by atoms with Crippen LogP contribution in [0.25, 0.3) is 11.4 Å². The Bertz CT molecular complexity index is 985. The second-order valence-electron chi connectivity index (χ2n) is 6.97. The molecular formula is C23H27N3O3. The third-order valence-electron chi connectivity index (χ3n) is 4.57. The zero-order chi connectivity index (χ0) is 20.6. The number of likely N-dealkylation sites (N-methyl/N-ethyl adjacent to an activating group) is 1. The Balaban J connectivity index is 1.65. The maximum Gasteiger partial charge on any atom is 0.337 e. The molecule has 0 spiro atoms. The summed E-state index contributed by atoms with van der Waals surface area (Å²) >= 11 is 0. The number of allylic oxidation sites excluding steroid dienone is 2. The van der Waals surface area contributed by atoms with Gasteiger partial charge in [0.1, 0.15) is 12.4 Å². The lowest BCUT2D eigenvalue weighted by Crippen LogP contribution is -2.24. The highest BCUT2D eigenvalue weighted by molar-refractivity contribution is 5.59. The number of imidazole rings is 1. The summed E-state index contributed by atoms with van der Waals surface area (Å²) in [6.07, 6.45) is 10.4. The predicted molar refractivity (Wildman–Crippen MR) is 115 cm³/mol. The SMILES string of the molecule is CC#CCOc1ccc(-n2ccn(C3=CCC(OCCN(C)C)C=C3)c2=O)cc1. The quantitative estimate of drug-likeness (QED) is 0.647. The summed E-state index contributed by atoms with van der Waals surface area (Å²) in [4.78, 5) is 14.9. The van der Waals surface area contributed by atoms with Gasteiger partial charge in [0.15, 0.2) is 0 Å². The lowest BCUT2D eigenvalue weighted by molar-refractivity contribution is 0.0748. The molecule has 0 amide bonds. The number of hydrogen-bond acceptors (Lipinski definition) is 4. The number of nitrogens with zero attached hydrogens (tertiary/aromatic N) is 3. The first-order chi connectivity index (χ1) is 14.1. The molecule has 29 heavy (non-hydrogen) atoms. The van der Waals surface area contributed by atoms with Gasteiger partial charge in [0, 0.05) is 24.6 Å². The van der Waals surface area contributed by atoms with E-state index in [4.69, 9.17) is 9.47 Å². The van der Waals surface area contributed by atoms with Gasteiger partial charge in [0.05, 0.1) is 18.4 Å². The average molecular weight is 393 g/mol. The minimum Gasteiger partial charge on any atom is -0.481 e. The molecule has 1 unspecified atom stereocenters. The third-order valence-corrected chi connectivity index (χ3v) is 4.57. The smallest absolute Gasteiger partial charge is 0.337 e. The van der Waals surface area contributed by atoms with Crippen molar-refractivity contribution in [3.63, 3.8) is 0 Å². The molecule has 1 aliphatic carbocycles. The molecule has 1 heterocycles. The normalized spacial score (nSPS) is 15.7. The first-order valence-corrected chi connectivity index (χ1v) is 9.66. The molecule has 1 atom stereocenters. The first kappa shape index (κ1) is 20.7. The molecule has 1 aliphatic rings. The first-order valence-electron chi connectivity index (χ1n) is 9.66. The van der Waals surface area contributed by atoms with Gasteiger partial charge >= 0.3 is 5.69 Å². The number of ether oxygens (including phenoxy) is 2. The van der Waals surface area contributed by atoms with Crippen LogP contribution < -0.4 is 10.4 Å². The highest BCUT2D eigenvalue weighted by atomic mass is 16.5. The molecule has 1 aromatic heterocycles. The molecule has 0 saturated carbocycles. The van der Waals surface area contributed by atoms with Crippen LogP contribution in [0, 0.1) is 11.8 Å². The van der Waals surface area contributed by atoms with Crippen molar-refractivity contribution in [2.45, 2.75) is 19.4 Å². The van der Waals surface area contributed by atoms with Crippen molar-refractivity contribution in [1.82, 2.24) is 14.0 Å². The number of aromatic nitrogens is 2. The molecule has 6 heteroatoms. The van der Waals surface area contributed by atoms with E-state index in [1.807, 2.05) is 56.6 Å². The van der Waals surface area contributed by atoms with E-state index in [2.05, 4.69) is 16.7 Å². The lowest BCUT2D eigenvalue weighted by atomic mass is 10.1. The van der Waals surface area contributed by atoms with Crippen LogP contribution in [0.5, 0.6) is 5.75 Å². The minimum atomic E-state index is -0.113. The van der Waals surface area contributed by atoms with Crippen molar-refractivity contribution in [3.05, 3.63) is 65.4 Å². The van der Waals surface area contributed by atoms with Crippen LogP contribution in [0.2, 0.25) is 0 Å². The fourth-order valence-electron chi connectivity index (χ4n) is 2.94. The summed E-state index contributed by atoms with van der Waals surface area (Å²) in [6, 6.07) is 7.40. The molecule has 2 aromatic rings. The Morgan fingerprint density at radius 3 is 2.59 bits per heavy atom. The van der Waals surface area contributed by atoms with Crippen molar-refractivity contribution >= 4 is 5.70 Å². The van der Waals surface area contributed by atoms with E-state index in [0.717, 1.165) is 30.1 Å². The van der Waals surface area contributed by atoms with Crippen LogP contribution in [0.15, 0.2) is 59.7 Å². The number of hydrogen-bond donors (Lipinski definition) is 0. The molecule has 0 N–H and O–H groups in total. The average Bonchev–Trinajstić information content (AvgIpc) is 3.10. The van der Waals surface area contributed by atoms with Crippen LogP contribution in [-0.4, -0.2) is 54.0 Å². The number of benzene rings is 1. The van der Waals surface area contributed by atoms with Gasteiger partial charge in [-0.2, -0.15) is 0 Å². The Morgan fingerprint density at radius 1 is 1.17 bits per heavy atom. The van der Waals surface area contributed by atoms with Crippen molar-refractivity contribution in [2.24, 2.45) is 0 Å². The van der Waals surface area contributed by atoms with Crippen molar-refractivity contribution < 1.29 is 9.47 Å². The van der Waals surface area contributed by atoms with E-state index in [0.29, 0.717) is 13.2 Å². The van der Waals surface area contributed by atoms with E-state index in [1.54, 1.807) is 28.5 Å². The predicted octanol–water partition coefficient (Wildman–Crippen LogP) is 2.79. The fraction of sp³-hybridized carbons (Fsp3) is 0.348.